The van der Waals surface area contributed by atoms with Gasteiger partial charge in [-0.05, 0) is 38.3 Å². The van der Waals surface area contributed by atoms with Gasteiger partial charge in [0.05, 0.1) is 5.56 Å². The second-order valence-corrected chi connectivity index (χ2v) is 5.02. The van der Waals surface area contributed by atoms with Crippen LogP contribution < -0.4 is 10.6 Å². The van der Waals surface area contributed by atoms with Crippen LogP contribution >= 0.6 is 0 Å². The number of hydrogen-bond acceptors (Lipinski definition) is 2. The van der Waals surface area contributed by atoms with Gasteiger partial charge in [-0.15, -0.1) is 0 Å². The number of carbonyl (C=O) groups is 1. The molecule has 0 heterocycles. The van der Waals surface area contributed by atoms with Crippen LogP contribution in [-0.2, 0) is 0 Å². The highest BCUT2D eigenvalue weighted by Crippen LogP contribution is 2.17. The fourth-order valence-corrected chi connectivity index (χ4v) is 1.76. The number of benzene rings is 1. The molecule has 0 aliphatic rings. The second-order valence-electron chi connectivity index (χ2n) is 5.02. The number of aryl methyl sites for hydroxylation is 1. The Morgan fingerprint density at radius 2 is 2.06 bits per heavy atom. The van der Waals surface area contributed by atoms with Gasteiger partial charge in [0.1, 0.15) is 0 Å². The number of nitrogens with one attached hydrogen (secondary N) is 2. The van der Waals surface area contributed by atoms with Crippen molar-refractivity contribution in [1.82, 2.24) is 5.32 Å². The number of hydrogen-bond donors (Lipinski definition) is 2. The number of anilines is 1. The van der Waals surface area contributed by atoms with E-state index in [0.717, 1.165) is 36.3 Å². The average molecular weight is 248 g/mol. The first-order chi connectivity index (χ1) is 8.54. The van der Waals surface area contributed by atoms with E-state index >= 15 is 0 Å². The van der Waals surface area contributed by atoms with Gasteiger partial charge in [0.25, 0.3) is 5.91 Å². The summed E-state index contributed by atoms with van der Waals surface area (Å²) in [5.74, 6) is 0.617. The van der Waals surface area contributed by atoms with E-state index in [1.54, 1.807) is 0 Å². The Hall–Kier alpha value is -1.51. The van der Waals surface area contributed by atoms with Gasteiger partial charge in [-0.2, -0.15) is 0 Å². The van der Waals surface area contributed by atoms with E-state index in [1.807, 2.05) is 32.0 Å². The minimum absolute atomic E-state index is 0.00954. The van der Waals surface area contributed by atoms with E-state index in [4.69, 9.17) is 0 Å². The van der Waals surface area contributed by atoms with E-state index < -0.39 is 0 Å². The summed E-state index contributed by atoms with van der Waals surface area (Å²) in [4.78, 5) is 12.1. The van der Waals surface area contributed by atoms with Crippen molar-refractivity contribution in [3.05, 3.63) is 29.3 Å². The largest absolute Gasteiger partial charge is 0.385 e. The van der Waals surface area contributed by atoms with E-state index in [-0.39, 0.29) is 5.91 Å². The minimum atomic E-state index is 0.00954. The topological polar surface area (TPSA) is 41.1 Å². The third kappa shape index (κ3) is 4.40. The zero-order valence-electron chi connectivity index (χ0n) is 11.8. The highest BCUT2D eigenvalue weighted by atomic mass is 16.1. The van der Waals surface area contributed by atoms with Crippen molar-refractivity contribution in [2.24, 2.45) is 5.92 Å². The molecular formula is C15H24N2O. The Bertz CT molecular complexity index is 399. The maximum atomic E-state index is 12.1. The molecule has 0 aliphatic carbocycles. The summed E-state index contributed by atoms with van der Waals surface area (Å²) in [6.07, 6.45) is 1.01. The second kappa shape index (κ2) is 7.04. The van der Waals surface area contributed by atoms with Gasteiger partial charge in [0.2, 0.25) is 0 Å². The van der Waals surface area contributed by atoms with Gasteiger partial charge in [-0.1, -0.05) is 25.5 Å². The maximum absolute atomic E-state index is 12.1. The normalized spacial score (nSPS) is 10.5. The summed E-state index contributed by atoms with van der Waals surface area (Å²) in [5, 5.41) is 6.20. The summed E-state index contributed by atoms with van der Waals surface area (Å²) in [5.41, 5.74) is 2.75. The van der Waals surface area contributed by atoms with Crippen LogP contribution in [0.1, 0.15) is 43.1 Å². The molecule has 0 aliphatic heterocycles. The van der Waals surface area contributed by atoms with Crippen LogP contribution in [0.5, 0.6) is 0 Å². The Labute approximate surface area is 110 Å². The lowest BCUT2D eigenvalue weighted by atomic mass is 10.1. The molecule has 100 valence electrons. The molecule has 0 atom stereocenters. The number of carbonyl (C=O) groups excluding carboxylic acids is 1. The Kier molecular flexibility index (Phi) is 5.69. The summed E-state index contributed by atoms with van der Waals surface area (Å²) in [6.45, 7) is 9.89. The molecule has 3 nitrogen and oxygen atoms in total. The van der Waals surface area contributed by atoms with Crippen molar-refractivity contribution in [1.29, 1.82) is 0 Å². The van der Waals surface area contributed by atoms with Crippen LogP contribution in [0, 0.1) is 12.8 Å². The standard InChI is InChI=1S/C15H24N2O/c1-5-16-14-7-6-12(4)10-13(14)15(18)17-9-8-11(2)3/h6-7,10-11,16H,5,8-9H2,1-4H3,(H,17,18). The maximum Gasteiger partial charge on any atom is 0.253 e. The lowest BCUT2D eigenvalue weighted by Crippen LogP contribution is -2.26. The van der Waals surface area contributed by atoms with Crippen LogP contribution in [0.15, 0.2) is 18.2 Å². The van der Waals surface area contributed by atoms with Crippen molar-refractivity contribution in [2.45, 2.75) is 34.1 Å². The average Bonchev–Trinajstić information content (AvgIpc) is 2.31. The molecule has 1 amide bonds. The first-order valence-electron chi connectivity index (χ1n) is 6.67. The highest BCUT2D eigenvalue weighted by Gasteiger charge is 2.10. The van der Waals surface area contributed by atoms with Crippen molar-refractivity contribution in [3.63, 3.8) is 0 Å². The molecule has 1 aromatic carbocycles. The van der Waals surface area contributed by atoms with E-state index in [2.05, 4.69) is 24.5 Å². The molecule has 0 saturated carbocycles. The van der Waals surface area contributed by atoms with Crippen LogP contribution in [0.2, 0.25) is 0 Å². The van der Waals surface area contributed by atoms with Crippen molar-refractivity contribution < 1.29 is 4.79 Å². The van der Waals surface area contributed by atoms with Crippen LogP contribution in [0.4, 0.5) is 5.69 Å². The molecule has 2 N–H and O–H groups in total. The van der Waals surface area contributed by atoms with Gasteiger partial charge >= 0.3 is 0 Å². The molecule has 18 heavy (non-hydrogen) atoms. The molecule has 0 saturated heterocycles. The van der Waals surface area contributed by atoms with Crippen LogP contribution in [-0.4, -0.2) is 19.0 Å². The summed E-state index contributed by atoms with van der Waals surface area (Å²) in [7, 11) is 0. The van der Waals surface area contributed by atoms with E-state index in [1.165, 1.54) is 0 Å². The van der Waals surface area contributed by atoms with Gasteiger partial charge in [0, 0.05) is 18.8 Å². The fraction of sp³-hybridized carbons (Fsp3) is 0.533. The van der Waals surface area contributed by atoms with Gasteiger partial charge in [-0.25, -0.2) is 0 Å². The fourth-order valence-electron chi connectivity index (χ4n) is 1.76. The zero-order chi connectivity index (χ0) is 13.5. The Morgan fingerprint density at radius 1 is 1.33 bits per heavy atom. The molecule has 0 fully saturated rings. The SMILES string of the molecule is CCNc1ccc(C)cc1C(=O)NCCC(C)C. The van der Waals surface area contributed by atoms with Gasteiger partial charge in [0.15, 0.2) is 0 Å². The lowest BCUT2D eigenvalue weighted by molar-refractivity contribution is 0.0952. The molecule has 1 rings (SSSR count). The molecule has 0 radical (unpaired) electrons. The van der Waals surface area contributed by atoms with Crippen LogP contribution in [0.3, 0.4) is 0 Å². The predicted molar refractivity (Wildman–Crippen MR) is 77.1 cm³/mol. The Balaban J connectivity index is 2.73. The molecule has 0 aromatic heterocycles. The summed E-state index contributed by atoms with van der Waals surface area (Å²) >= 11 is 0. The number of rotatable bonds is 6. The molecular weight excluding hydrogens is 224 g/mol. The highest BCUT2D eigenvalue weighted by molar-refractivity contribution is 5.99. The first-order valence-corrected chi connectivity index (χ1v) is 6.67. The molecule has 0 spiro atoms. The third-order valence-electron chi connectivity index (χ3n) is 2.79. The summed E-state index contributed by atoms with van der Waals surface area (Å²) < 4.78 is 0. The van der Waals surface area contributed by atoms with Crippen molar-refractivity contribution >= 4 is 11.6 Å². The van der Waals surface area contributed by atoms with E-state index in [9.17, 15) is 4.79 Å². The predicted octanol–water partition coefficient (Wildman–Crippen LogP) is 3.20. The number of amides is 1. The summed E-state index contributed by atoms with van der Waals surface area (Å²) in [6, 6.07) is 5.92. The quantitative estimate of drug-likeness (QED) is 0.811. The lowest BCUT2D eigenvalue weighted by Gasteiger charge is -2.12. The molecule has 0 bridgehead atoms. The smallest absolute Gasteiger partial charge is 0.253 e. The third-order valence-corrected chi connectivity index (χ3v) is 2.79. The van der Waals surface area contributed by atoms with Crippen molar-refractivity contribution in [3.8, 4) is 0 Å². The van der Waals surface area contributed by atoms with Crippen LogP contribution in [0.25, 0.3) is 0 Å². The van der Waals surface area contributed by atoms with Gasteiger partial charge in [-0.3, -0.25) is 4.79 Å². The molecule has 0 unspecified atom stereocenters. The first kappa shape index (κ1) is 14.6. The minimum Gasteiger partial charge on any atom is -0.385 e. The molecule has 1 aromatic rings. The van der Waals surface area contributed by atoms with Gasteiger partial charge < -0.3 is 10.6 Å². The van der Waals surface area contributed by atoms with E-state index in [0.29, 0.717) is 5.92 Å². The molecule has 3 heteroatoms. The zero-order valence-corrected chi connectivity index (χ0v) is 11.8. The van der Waals surface area contributed by atoms with Crippen molar-refractivity contribution in [2.75, 3.05) is 18.4 Å². The Morgan fingerprint density at radius 3 is 2.67 bits per heavy atom. The monoisotopic (exact) mass is 248 g/mol.